The van der Waals surface area contributed by atoms with Gasteiger partial charge in [0.15, 0.2) is 11.5 Å². The van der Waals surface area contributed by atoms with E-state index in [0.717, 1.165) is 5.56 Å². The molecule has 0 saturated heterocycles. The predicted octanol–water partition coefficient (Wildman–Crippen LogP) is 5.46. The normalized spacial score (nSPS) is 10.5. The molecule has 0 radical (unpaired) electrons. The van der Waals surface area contributed by atoms with Crippen molar-refractivity contribution >= 4 is 28.1 Å². The maximum Gasteiger partial charge on any atom is 0.271 e. The first-order chi connectivity index (χ1) is 16.5. The Labute approximate surface area is 207 Å². The van der Waals surface area contributed by atoms with Gasteiger partial charge in [0.25, 0.3) is 5.91 Å². The van der Waals surface area contributed by atoms with Crippen LogP contribution < -0.4 is 19.6 Å². The summed E-state index contributed by atoms with van der Waals surface area (Å²) in [6, 6.07) is 19.8. The van der Waals surface area contributed by atoms with Crippen molar-refractivity contribution in [3.05, 3.63) is 87.4 Å². The van der Waals surface area contributed by atoms with Crippen molar-refractivity contribution in [1.29, 1.82) is 5.26 Å². The molecule has 3 rings (SSSR count). The second kappa shape index (κ2) is 12.4. The third-order valence-corrected chi connectivity index (χ3v) is 5.17. The Morgan fingerprint density at radius 3 is 2.53 bits per heavy atom. The first-order valence-electron chi connectivity index (χ1n) is 10.7. The average Bonchev–Trinajstić information content (AvgIpc) is 2.84. The summed E-state index contributed by atoms with van der Waals surface area (Å²) in [7, 11) is 0. The summed E-state index contributed by atoms with van der Waals surface area (Å²) in [6.07, 6.45) is 1.53. The number of ether oxygens (including phenoxy) is 3. The van der Waals surface area contributed by atoms with Gasteiger partial charge in [0, 0.05) is 5.56 Å². The Hall–Kier alpha value is -3.83. The molecule has 0 spiro atoms. The molecule has 3 aromatic rings. The highest BCUT2D eigenvalue weighted by Gasteiger charge is 2.13. The highest BCUT2D eigenvalue weighted by Crippen LogP contribution is 2.37. The molecular formula is C26H24BrN3O4. The van der Waals surface area contributed by atoms with Crippen LogP contribution in [-0.4, -0.2) is 25.3 Å². The molecule has 0 saturated carbocycles. The zero-order valence-corrected chi connectivity index (χ0v) is 20.5. The van der Waals surface area contributed by atoms with Crippen molar-refractivity contribution in [3.63, 3.8) is 0 Å². The summed E-state index contributed by atoms with van der Waals surface area (Å²) in [5, 5.41) is 13.1. The van der Waals surface area contributed by atoms with Gasteiger partial charge in [-0.15, -0.1) is 0 Å². The molecule has 174 valence electrons. The Bertz CT molecular complexity index is 1200. The van der Waals surface area contributed by atoms with Crippen LogP contribution in [0.15, 0.2) is 70.2 Å². The fraction of sp³-hybridized carbons (Fsp3) is 0.192. The van der Waals surface area contributed by atoms with E-state index in [1.54, 1.807) is 42.5 Å². The minimum atomic E-state index is -0.331. The average molecular weight is 522 g/mol. The number of carbonyl (C=O) groups is 1. The molecule has 34 heavy (non-hydrogen) atoms. The number of halogens is 1. The van der Waals surface area contributed by atoms with E-state index in [0.29, 0.717) is 51.6 Å². The van der Waals surface area contributed by atoms with E-state index in [4.69, 9.17) is 19.5 Å². The molecule has 7 nitrogen and oxygen atoms in total. The molecule has 1 amide bonds. The van der Waals surface area contributed by atoms with Crippen LogP contribution in [-0.2, 0) is 6.61 Å². The number of hydrogen-bond acceptors (Lipinski definition) is 6. The first-order valence-corrected chi connectivity index (χ1v) is 11.5. The SMILES string of the molecule is CCOc1ccc(C(=O)N/N=C\c2cc(Br)c(OCc3cccc(C#N)c3)c(OCC)c2)cc1. The number of rotatable bonds is 10. The molecule has 0 aromatic heterocycles. The van der Waals surface area contributed by atoms with Crippen LogP contribution in [0.5, 0.6) is 17.2 Å². The van der Waals surface area contributed by atoms with Gasteiger partial charge in [-0.3, -0.25) is 4.79 Å². The molecule has 0 aliphatic heterocycles. The molecule has 0 heterocycles. The molecule has 0 unspecified atom stereocenters. The molecule has 0 aliphatic carbocycles. The smallest absolute Gasteiger partial charge is 0.271 e. The molecule has 0 atom stereocenters. The summed E-state index contributed by atoms with van der Waals surface area (Å²) in [4.78, 5) is 12.3. The fourth-order valence-electron chi connectivity index (χ4n) is 3.05. The van der Waals surface area contributed by atoms with Crippen LogP contribution in [0.2, 0.25) is 0 Å². The van der Waals surface area contributed by atoms with E-state index >= 15 is 0 Å². The van der Waals surface area contributed by atoms with Crippen LogP contribution in [0.1, 0.15) is 40.9 Å². The maximum absolute atomic E-state index is 12.3. The molecule has 0 aliphatic rings. The van der Waals surface area contributed by atoms with E-state index in [1.807, 2.05) is 32.0 Å². The topological polar surface area (TPSA) is 92.9 Å². The fourth-order valence-corrected chi connectivity index (χ4v) is 3.63. The monoisotopic (exact) mass is 521 g/mol. The zero-order chi connectivity index (χ0) is 24.3. The van der Waals surface area contributed by atoms with Crippen LogP contribution in [0.3, 0.4) is 0 Å². The lowest BCUT2D eigenvalue weighted by atomic mass is 10.1. The standard InChI is InChI=1S/C26H24BrN3O4/c1-3-32-22-10-8-21(9-11-22)26(31)30-29-16-20-13-23(27)25(24(14-20)33-4-2)34-17-19-7-5-6-18(12-19)15-28/h5-14,16H,3-4,17H2,1-2H3,(H,30,31)/b29-16-. The van der Waals surface area contributed by atoms with Gasteiger partial charge >= 0.3 is 0 Å². The van der Waals surface area contributed by atoms with Gasteiger partial charge in [-0.05, 0) is 89.4 Å². The third kappa shape index (κ3) is 6.83. The van der Waals surface area contributed by atoms with Gasteiger partial charge in [0.1, 0.15) is 12.4 Å². The Morgan fingerprint density at radius 2 is 1.82 bits per heavy atom. The summed E-state index contributed by atoms with van der Waals surface area (Å²) in [6.45, 7) is 5.07. The number of hydrazone groups is 1. The number of carbonyl (C=O) groups excluding carboxylic acids is 1. The van der Waals surface area contributed by atoms with Crippen molar-refractivity contribution < 1.29 is 19.0 Å². The van der Waals surface area contributed by atoms with Crippen molar-refractivity contribution in [2.45, 2.75) is 20.5 Å². The van der Waals surface area contributed by atoms with Crippen molar-refractivity contribution in [1.82, 2.24) is 5.43 Å². The molecule has 1 N–H and O–H groups in total. The lowest BCUT2D eigenvalue weighted by Crippen LogP contribution is -2.17. The Morgan fingerprint density at radius 1 is 1.06 bits per heavy atom. The summed E-state index contributed by atoms with van der Waals surface area (Å²) >= 11 is 3.53. The van der Waals surface area contributed by atoms with E-state index in [2.05, 4.69) is 32.5 Å². The molecule has 8 heteroatoms. The van der Waals surface area contributed by atoms with E-state index < -0.39 is 0 Å². The summed E-state index contributed by atoms with van der Waals surface area (Å²) in [5.74, 6) is 1.45. The first kappa shape index (κ1) is 24.8. The van der Waals surface area contributed by atoms with Crippen molar-refractivity contribution in [3.8, 4) is 23.3 Å². The number of nitrogens with zero attached hydrogens (tertiary/aromatic N) is 2. The Kier molecular flexibility index (Phi) is 9.06. The van der Waals surface area contributed by atoms with Gasteiger partial charge in [-0.2, -0.15) is 10.4 Å². The molecule has 0 bridgehead atoms. The second-order valence-corrected chi connectivity index (χ2v) is 7.87. The quantitative estimate of drug-likeness (QED) is 0.282. The molecule has 3 aromatic carbocycles. The summed E-state index contributed by atoms with van der Waals surface area (Å²) in [5.41, 5.74) is 5.14. The van der Waals surface area contributed by atoms with Crippen LogP contribution in [0.25, 0.3) is 0 Å². The highest BCUT2D eigenvalue weighted by atomic mass is 79.9. The van der Waals surface area contributed by atoms with E-state index in [-0.39, 0.29) is 12.5 Å². The van der Waals surface area contributed by atoms with E-state index in [1.165, 1.54) is 6.21 Å². The maximum atomic E-state index is 12.3. The summed E-state index contributed by atoms with van der Waals surface area (Å²) < 4.78 is 17.8. The number of nitriles is 1. The lowest BCUT2D eigenvalue weighted by molar-refractivity contribution is 0.0955. The van der Waals surface area contributed by atoms with Gasteiger partial charge in [0.2, 0.25) is 0 Å². The lowest BCUT2D eigenvalue weighted by Gasteiger charge is -2.15. The molecule has 0 fully saturated rings. The number of benzene rings is 3. The highest BCUT2D eigenvalue weighted by molar-refractivity contribution is 9.10. The minimum absolute atomic E-state index is 0.278. The van der Waals surface area contributed by atoms with Gasteiger partial charge in [0.05, 0.1) is 35.5 Å². The predicted molar refractivity (Wildman–Crippen MR) is 133 cm³/mol. The minimum Gasteiger partial charge on any atom is -0.494 e. The number of hydrogen-bond donors (Lipinski definition) is 1. The number of nitrogens with one attached hydrogen (secondary N) is 1. The van der Waals surface area contributed by atoms with Gasteiger partial charge < -0.3 is 14.2 Å². The van der Waals surface area contributed by atoms with Crippen molar-refractivity contribution in [2.75, 3.05) is 13.2 Å². The molecular weight excluding hydrogens is 498 g/mol. The van der Waals surface area contributed by atoms with Crippen LogP contribution in [0, 0.1) is 11.3 Å². The number of amides is 1. The third-order valence-electron chi connectivity index (χ3n) is 4.58. The van der Waals surface area contributed by atoms with Crippen molar-refractivity contribution in [2.24, 2.45) is 5.10 Å². The van der Waals surface area contributed by atoms with Gasteiger partial charge in [-0.25, -0.2) is 5.43 Å². The Balaban J connectivity index is 1.69. The van der Waals surface area contributed by atoms with Crippen LogP contribution >= 0.6 is 15.9 Å². The zero-order valence-electron chi connectivity index (χ0n) is 18.9. The van der Waals surface area contributed by atoms with Gasteiger partial charge in [-0.1, -0.05) is 12.1 Å². The second-order valence-electron chi connectivity index (χ2n) is 7.02. The largest absolute Gasteiger partial charge is 0.494 e. The van der Waals surface area contributed by atoms with E-state index in [9.17, 15) is 4.79 Å². The van der Waals surface area contributed by atoms with Crippen LogP contribution in [0.4, 0.5) is 0 Å².